The van der Waals surface area contributed by atoms with E-state index < -0.39 is 0 Å². The van der Waals surface area contributed by atoms with Gasteiger partial charge in [-0.05, 0) is 42.2 Å². The molecule has 1 N–H and O–H groups in total. The number of ether oxygens (including phenoxy) is 1. The lowest BCUT2D eigenvalue weighted by Crippen LogP contribution is -2.20. The minimum atomic E-state index is -0.175. The monoisotopic (exact) mass is 324 g/mol. The van der Waals surface area contributed by atoms with Crippen molar-refractivity contribution in [2.75, 3.05) is 11.9 Å². The summed E-state index contributed by atoms with van der Waals surface area (Å²) in [6.45, 7) is -0.0113. The molecule has 4 nitrogen and oxygen atoms in total. The summed E-state index contributed by atoms with van der Waals surface area (Å²) in [6.07, 6.45) is 3.28. The first-order chi connectivity index (χ1) is 11.3. The van der Waals surface area contributed by atoms with Gasteiger partial charge in [-0.3, -0.25) is 10.1 Å². The molecule has 0 aliphatic heterocycles. The summed E-state index contributed by atoms with van der Waals surface area (Å²) in [5.41, 5.74) is 1.14. The van der Waals surface area contributed by atoms with Gasteiger partial charge in [-0.1, -0.05) is 30.3 Å². The zero-order chi connectivity index (χ0) is 15.6. The van der Waals surface area contributed by atoms with Crippen molar-refractivity contribution >= 4 is 33.1 Å². The van der Waals surface area contributed by atoms with Crippen LogP contribution >= 0.6 is 11.3 Å². The number of hydrogen-bond donors (Lipinski definition) is 1. The summed E-state index contributed by atoms with van der Waals surface area (Å²) in [6, 6.07) is 13.9. The van der Waals surface area contributed by atoms with E-state index in [1.165, 1.54) is 11.3 Å². The Kier molecular flexibility index (Phi) is 3.71. The van der Waals surface area contributed by atoms with Gasteiger partial charge in [0.1, 0.15) is 5.75 Å². The molecule has 116 valence electrons. The first-order valence-corrected chi connectivity index (χ1v) is 8.49. The SMILES string of the molecule is O=C(COc1ccc2ccccc2c1)Nc1nc2c(s1)CCC2. The quantitative estimate of drug-likeness (QED) is 0.794. The van der Waals surface area contributed by atoms with Crippen LogP contribution in [0.1, 0.15) is 17.0 Å². The number of rotatable bonds is 4. The Labute approximate surface area is 138 Å². The standard InChI is InChI=1S/C18H16N2O2S/c21-17(20-18-19-15-6-3-7-16(15)23-18)11-22-14-9-8-12-4-1-2-5-13(12)10-14/h1-2,4-5,8-10H,3,6-7,11H2,(H,19,20,21). The average molecular weight is 324 g/mol. The second-order valence-electron chi connectivity index (χ2n) is 5.59. The number of carbonyl (C=O) groups excluding carboxylic acids is 1. The number of fused-ring (bicyclic) bond motifs is 2. The summed E-state index contributed by atoms with van der Waals surface area (Å²) >= 11 is 1.58. The Bertz CT molecular complexity index is 851. The van der Waals surface area contributed by atoms with Crippen molar-refractivity contribution < 1.29 is 9.53 Å². The highest BCUT2D eigenvalue weighted by atomic mass is 32.1. The molecular formula is C18H16N2O2S. The van der Waals surface area contributed by atoms with E-state index >= 15 is 0 Å². The first kappa shape index (κ1) is 14.2. The molecule has 1 aliphatic carbocycles. The minimum absolute atomic E-state index is 0.0113. The molecular weight excluding hydrogens is 308 g/mol. The smallest absolute Gasteiger partial charge is 0.264 e. The Morgan fingerprint density at radius 1 is 1.17 bits per heavy atom. The van der Waals surface area contributed by atoms with Gasteiger partial charge in [0, 0.05) is 4.88 Å². The molecule has 3 aromatic rings. The van der Waals surface area contributed by atoms with Gasteiger partial charge < -0.3 is 4.74 Å². The van der Waals surface area contributed by atoms with Gasteiger partial charge in [0.15, 0.2) is 11.7 Å². The van der Waals surface area contributed by atoms with Gasteiger partial charge >= 0.3 is 0 Å². The van der Waals surface area contributed by atoms with Crippen LogP contribution in [0.3, 0.4) is 0 Å². The van der Waals surface area contributed by atoms with Gasteiger partial charge in [0.25, 0.3) is 5.91 Å². The number of anilines is 1. The molecule has 5 heteroatoms. The third-order valence-electron chi connectivity index (χ3n) is 3.93. The normalized spacial score (nSPS) is 13.0. The second kappa shape index (κ2) is 6.01. The highest BCUT2D eigenvalue weighted by molar-refractivity contribution is 7.15. The topological polar surface area (TPSA) is 51.2 Å². The number of hydrogen-bond acceptors (Lipinski definition) is 4. The van der Waals surface area contributed by atoms with Gasteiger partial charge in [0.2, 0.25) is 0 Å². The molecule has 1 amide bonds. The van der Waals surface area contributed by atoms with Crippen LogP contribution in [-0.4, -0.2) is 17.5 Å². The van der Waals surface area contributed by atoms with Gasteiger partial charge in [0.05, 0.1) is 5.69 Å². The number of carbonyl (C=O) groups is 1. The zero-order valence-corrected chi connectivity index (χ0v) is 13.4. The number of aryl methyl sites for hydroxylation is 2. The Hall–Kier alpha value is -2.40. The van der Waals surface area contributed by atoms with Crippen LogP contribution in [0.25, 0.3) is 10.8 Å². The molecule has 0 atom stereocenters. The van der Waals surface area contributed by atoms with E-state index in [-0.39, 0.29) is 12.5 Å². The van der Waals surface area contributed by atoms with E-state index in [1.54, 1.807) is 11.3 Å². The summed E-state index contributed by atoms with van der Waals surface area (Å²) < 4.78 is 5.59. The largest absolute Gasteiger partial charge is 0.484 e. The van der Waals surface area contributed by atoms with Crippen LogP contribution in [0.4, 0.5) is 5.13 Å². The Balaban J connectivity index is 1.38. The molecule has 0 spiro atoms. The molecule has 1 aromatic heterocycles. The molecule has 4 rings (SSSR count). The highest BCUT2D eigenvalue weighted by Crippen LogP contribution is 2.30. The van der Waals surface area contributed by atoms with Gasteiger partial charge in [-0.25, -0.2) is 4.98 Å². The van der Waals surface area contributed by atoms with Crippen molar-refractivity contribution in [1.29, 1.82) is 0 Å². The maximum atomic E-state index is 12.0. The van der Waals surface area contributed by atoms with E-state index in [0.717, 1.165) is 29.3 Å². The fraction of sp³-hybridized carbons (Fsp3) is 0.222. The molecule has 0 saturated heterocycles. The number of nitrogens with zero attached hydrogens (tertiary/aromatic N) is 1. The predicted molar refractivity (Wildman–Crippen MR) is 92.2 cm³/mol. The van der Waals surface area contributed by atoms with E-state index in [9.17, 15) is 4.79 Å². The average Bonchev–Trinajstić information content (AvgIpc) is 3.14. The van der Waals surface area contributed by atoms with Crippen LogP contribution in [0, 0.1) is 0 Å². The van der Waals surface area contributed by atoms with Crippen molar-refractivity contribution in [3.63, 3.8) is 0 Å². The number of benzene rings is 2. The Morgan fingerprint density at radius 3 is 2.91 bits per heavy atom. The fourth-order valence-electron chi connectivity index (χ4n) is 2.81. The van der Waals surface area contributed by atoms with Crippen LogP contribution < -0.4 is 10.1 Å². The van der Waals surface area contributed by atoms with Crippen LogP contribution in [0.2, 0.25) is 0 Å². The molecule has 0 unspecified atom stereocenters. The van der Waals surface area contributed by atoms with Crippen molar-refractivity contribution in [3.05, 3.63) is 53.0 Å². The predicted octanol–water partition coefficient (Wildman–Crippen LogP) is 3.80. The molecule has 23 heavy (non-hydrogen) atoms. The molecule has 0 fully saturated rings. The number of aromatic nitrogens is 1. The summed E-state index contributed by atoms with van der Waals surface area (Å²) in [5.74, 6) is 0.520. The fourth-order valence-corrected chi connectivity index (χ4v) is 3.87. The highest BCUT2D eigenvalue weighted by Gasteiger charge is 2.17. The van der Waals surface area contributed by atoms with Crippen molar-refractivity contribution in [3.8, 4) is 5.75 Å². The number of thiazole rings is 1. The van der Waals surface area contributed by atoms with Crippen molar-refractivity contribution in [2.45, 2.75) is 19.3 Å². The van der Waals surface area contributed by atoms with E-state index in [4.69, 9.17) is 4.74 Å². The third kappa shape index (κ3) is 3.05. The molecule has 1 heterocycles. The lowest BCUT2D eigenvalue weighted by atomic mass is 10.1. The van der Waals surface area contributed by atoms with Crippen LogP contribution in [0.5, 0.6) is 5.75 Å². The van der Waals surface area contributed by atoms with Crippen LogP contribution in [-0.2, 0) is 17.6 Å². The zero-order valence-electron chi connectivity index (χ0n) is 12.5. The van der Waals surface area contributed by atoms with Gasteiger partial charge in [-0.2, -0.15) is 0 Å². The first-order valence-electron chi connectivity index (χ1n) is 7.68. The van der Waals surface area contributed by atoms with Crippen molar-refractivity contribution in [1.82, 2.24) is 4.98 Å². The summed E-state index contributed by atoms with van der Waals surface area (Å²) in [7, 11) is 0. The molecule has 0 radical (unpaired) electrons. The number of nitrogens with one attached hydrogen (secondary N) is 1. The molecule has 0 bridgehead atoms. The number of amides is 1. The van der Waals surface area contributed by atoms with Gasteiger partial charge in [-0.15, -0.1) is 11.3 Å². The van der Waals surface area contributed by atoms with E-state index in [2.05, 4.69) is 10.3 Å². The molecule has 2 aromatic carbocycles. The van der Waals surface area contributed by atoms with E-state index in [0.29, 0.717) is 10.9 Å². The van der Waals surface area contributed by atoms with E-state index in [1.807, 2.05) is 42.5 Å². The van der Waals surface area contributed by atoms with Crippen molar-refractivity contribution in [2.24, 2.45) is 0 Å². The minimum Gasteiger partial charge on any atom is -0.484 e. The lowest BCUT2D eigenvalue weighted by Gasteiger charge is -2.07. The molecule has 1 aliphatic rings. The summed E-state index contributed by atoms with van der Waals surface area (Å²) in [4.78, 5) is 17.8. The maximum absolute atomic E-state index is 12.0. The molecule has 0 saturated carbocycles. The van der Waals surface area contributed by atoms with Crippen LogP contribution in [0.15, 0.2) is 42.5 Å². The lowest BCUT2D eigenvalue weighted by molar-refractivity contribution is -0.118. The summed E-state index contributed by atoms with van der Waals surface area (Å²) in [5, 5.41) is 5.76. The third-order valence-corrected chi connectivity index (χ3v) is 5.01. The Morgan fingerprint density at radius 2 is 2.04 bits per heavy atom. The maximum Gasteiger partial charge on any atom is 0.264 e. The second-order valence-corrected chi connectivity index (χ2v) is 6.67.